The highest BCUT2D eigenvalue weighted by Gasteiger charge is 2.38. The Labute approximate surface area is 143 Å². The Morgan fingerprint density at radius 3 is 2.83 bits per heavy atom. The van der Waals surface area contributed by atoms with E-state index in [1.807, 2.05) is 18.3 Å². The number of H-pyrrole nitrogens is 1. The van der Waals surface area contributed by atoms with Crippen LogP contribution >= 0.6 is 0 Å². The first kappa shape index (κ1) is 15.7. The molecule has 1 N–H and O–H groups in total. The molecule has 1 aromatic carbocycles. The zero-order valence-electron chi connectivity index (χ0n) is 14.5. The molecule has 4 heteroatoms. The molecular formula is C20H27N3O. The van der Waals surface area contributed by atoms with Gasteiger partial charge in [0.15, 0.2) is 0 Å². The Morgan fingerprint density at radius 1 is 1.17 bits per heavy atom. The van der Waals surface area contributed by atoms with Gasteiger partial charge in [-0.15, -0.1) is 0 Å². The highest BCUT2D eigenvalue weighted by Crippen LogP contribution is 2.30. The second-order valence-electron chi connectivity index (χ2n) is 7.17. The topological polar surface area (TPSA) is 39.3 Å². The Bertz CT molecular complexity index is 722. The van der Waals surface area contributed by atoms with Crippen molar-refractivity contribution in [3.63, 3.8) is 0 Å². The number of likely N-dealkylation sites (tertiary alicyclic amines) is 2. The molecule has 3 heterocycles. The molecule has 24 heavy (non-hydrogen) atoms. The first-order valence-electron chi connectivity index (χ1n) is 9.36. The van der Waals surface area contributed by atoms with Crippen molar-refractivity contribution in [2.75, 3.05) is 19.6 Å². The van der Waals surface area contributed by atoms with Crippen LogP contribution in [0.4, 0.5) is 0 Å². The van der Waals surface area contributed by atoms with Crippen molar-refractivity contribution in [1.29, 1.82) is 0 Å². The van der Waals surface area contributed by atoms with E-state index >= 15 is 0 Å². The predicted molar refractivity (Wildman–Crippen MR) is 97.0 cm³/mol. The van der Waals surface area contributed by atoms with Crippen LogP contribution in [0.5, 0.6) is 0 Å². The molecule has 0 unspecified atom stereocenters. The Balaban J connectivity index is 1.51. The molecule has 0 bridgehead atoms. The van der Waals surface area contributed by atoms with Crippen LogP contribution in [0.3, 0.4) is 0 Å². The number of benzene rings is 1. The summed E-state index contributed by atoms with van der Waals surface area (Å²) < 4.78 is 0. The van der Waals surface area contributed by atoms with Gasteiger partial charge in [0.2, 0.25) is 5.91 Å². The van der Waals surface area contributed by atoms with Gasteiger partial charge in [-0.3, -0.25) is 9.69 Å². The summed E-state index contributed by atoms with van der Waals surface area (Å²) in [7, 11) is 0. The van der Waals surface area contributed by atoms with E-state index in [9.17, 15) is 4.79 Å². The summed E-state index contributed by atoms with van der Waals surface area (Å²) >= 11 is 0. The number of aromatic nitrogens is 1. The van der Waals surface area contributed by atoms with Gasteiger partial charge in [0.1, 0.15) is 0 Å². The SMILES string of the molecule is CCN1CCC[C@@H]1[C@@H]1CCCN1C(=O)Cc1c[nH]c2ccccc12. The fourth-order valence-electron chi connectivity index (χ4n) is 4.72. The lowest BCUT2D eigenvalue weighted by Gasteiger charge is -2.34. The molecule has 1 aromatic heterocycles. The molecule has 0 spiro atoms. The van der Waals surface area contributed by atoms with E-state index in [-0.39, 0.29) is 0 Å². The summed E-state index contributed by atoms with van der Waals surface area (Å²) in [4.78, 5) is 21.1. The molecule has 4 rings (SSSR count). The molecule has 2 aromatic rings. The second-order valence-corrected chi connectivity index (χ2v) is 7.17. The summed E-state index contributed by atoms with van der Waals surface area (Å²) in [6.07, 6.45) is 7.36. The van der Waals surface area contributed by atoms with Crippen molar-refractivity contribution in [2.45, 2.75) is 51.1 Å². The van der Waals surface area contributed by atoms with Gasteiger partial charge in [-0.05, 0) is 50.4 Å². The highest BCUT2D eigenvalue weighted by molar-refractivity contribution is 5.89. The third-order valence-corrected chi connectivity index (χ3v) is 5.90. The van der Waals surface area contributed by atoms with Gasteiger partial charge in [-0.2, -0.15) is 0 Å². The number of hydrogen-bond acceptors (Lipinski definition) is 2. The summed E-state index contributed by atoms with van der Waals surface area (Å²) in [6.45, 7) is 5.47. The van der Waals surface area contributed by atoms with Crippen molar-refractivity contribution < 1.29 is 4.79 Å². The largest absolute Gasteiger partial charge is 0.361 e. The smallest absolute Gasteiger partial charge is 0.227 e. The Hall–Kier alpha value is -1.81. The van der Waals surface area contributed by atoms with Crippen molar-refractivity contribution >= 4 is 16.8 Å². The molecule has 0 saturated carbocycles. The van der Waals surface area contributed by atoms with Crippen molar-refractivity contribution in [1.82, 2.24) is 14.8 Å². The second kappa shape index (κ2) is 6.60. The number of nitrogens with zero attached hydrogens (tertiary/aromatic N) is 2. The molecule has 4 nitrogen and oxygen atoms in total. The lowest BCUT2D eigenvalue weighted by atomic mass is 10.0. The van der Waals surface area contributed by atoms with Crippen LogP contribution < -0.4 is 0 Å². The van der Waals surface area contributed by atoms with Gasteiger partial charge in [0.25, 0.3) is 0 Å². The Morgan fingerprint density at radius 2 is 1.96 bits per heavy atom. The van der Waals surface area contributed by atoms with E-state index in [1.54, 1.807) is 0 Å². The standard InChI is InChI=1S/C20H27N3O/c1-2-22-11-5-9-18(22)19-10-6-12-23(19)20(24)13-15-14-21-17-8-4-3-7-16(15)17/h3-4,7-8,14,18-19,21H,2,5-6,9-13H2,1H3/t18-,19+/m1/s1. The number of fused-ring (bicyclic) bond motifs is 1. The van der Waals surface area contributed by atoms with E-state index in [4.69, 9.17) is 0 Å². The van der Waals surface area contributed by atoms with Crippen LogP contribution in [-0.4, -0.2) is 52.4 Å². The maximum absolute atomic E-state index is 13.0. The summed E-state index contributed by atoms with van der Waals surface area (Å²) in [5.41, 5.74) is 2.24. The van der Waals surface area contributed by atoms with Gasteiger partial charge in [0, 0.05) is 35.7 Å². The van der Waals surface area contributed by atoms with E-state index < -0.39 is 0 Å². The Kier molecular flexibility index (Phi) is 4.31. The summed E-state index contributed by atoms with van der Waals surface area (Å²) in [5, 5.41) is 1.18. The minimum Gasteiger partial charge on any atom is -0.361 e. The number of aromatic amines is 1. The molecule has 2 aliphatic heterocycles. The fraction of sp³-hybridized carbons (Fsp3) is 0.550. The van der Waals surface area contributed by atoms with Crippen LogP contribution in [0, 0.1) is 0 Å². The maximum Gasteiger partial charge on any atom is 0.227 e. The van der Waals surface area contributed by atoms with E-state index in [0.29, 0.717) is 24.4 Å². The third-order valence-electron chi connectivity index (χ3n) is 5.90. The van der Waals surface area contributed by atoms with E-state index in [2.05, 4.69) is 33.8 Å². The molecule has 2 fully saturated rings. The first-order valence-corrected chi connectivity index (χ1v) is 9.36. The van der Waals surface area contributed by atoms with Gasteiger partial charge < -0.3 is 9.88 Å². The number of amides is 1. The van der Waals surface area contributed by atoms with Gasteiger partial charge in [-0.1, -0.05) is 25.1 Å². The van der Waals surface area contributed by atoms with Crippen molar-refractivity contribution in [3.8, 4) is 0 Å². The first-order chi connectivity index (χ1) is 11.8. The lowest BCUT2D eigenvalue weighted by Crippen LogP contribution is -2.48. The average molecular weight is 325 g/mol. The lowest BCUT2D eigenvalue weighted by molar-refractivity contribution is -0.132. The maximum atomic E-state index is 13.0. The number of carbonyl (C=O) groups is 1. The quantitative estimate of drug-likeness (QED) is 0.938. The number of para-hydroxylation sites is 1. The van der Waals surface area contributed by atoms with Crippen LogP contribution in [-0.2, 0) is 11.2 Å². The zero-order valence-corrected chi connectivity index (χ0v) is 14.5. The average Bonchev–Trinajstić information content (AvgIpc) is 3.33. The number of rotatable bonds is 4. The number of nitrogens with one attached hydrogen (secondary N) is 1. The summed E-state index contributed by atoms with van der Waals surface area (Å²) in [6, 6.07) is 9.24. The fourth-order valence-corrected chi connectivity index (χ4v) is 4.72. The van der Waals surface area contributed by atoms with E-state index in [1.165, 1.54) is 31.2 Å². The van der Waals surface area contributed by atoms with E-state index in [0.717, 1.165) is 30.6 Å². The number of hydrogen-bond donors (Lipinski definition) is 1. The molecule has 2 atom stereocenters. The normalized spacial score (nSPS) is 25.0. The molecule has 1 amide bonds. The molecule has 128 valence electrons. The van der Waals surface area contributed by atoms with Crippen LogP contribution in [0.1, 0.15) is 38.2 Å². The minimum absolute atomic E-state index is 0.296. The van der Waals surface area contributed by atoms with Gasteiger partial charge in [-0.25, -0.2) is 0 Å². The molecule has 2 aliphatic rings. The molecule has 0 radical (unpaired) electrons. The predicted octanol–water partition coefficient (Wildman–Crippen LogP) is 3.19. The van der Waals surface area contributed by atoms with Crippen LogP contribution in [0.15, 0.2) is 30.5 Å². The monoisotopic (exact) mass is 325 g/mol. The number of carbonyl (C=O) groups excluding carboxylic acids is 1. The van der Waals surface area contributed by atoms with Crippen LogP contribution in [0.2, 0.25) is 0 Å². The van der Waals surface area contributed by atoms with Gasteiger partial charge >= 0.3 is 0 Å². The molecule has 2 saturated heterocycles. The zero-order chi connectivity index (χ0) is 16.5. The molecular weight excluding hydrogens is 298 g/mol. The van der Waals surface area contributed by atoms with Gasteiger partial charge in [0.05, 0.1) is 6.42 Å². The van der Waals surface area contributed by atoms with Crippen LogP contribution in [0.25, 0.3) is 10.9 Å². The summed E-state index contributed by atoms with van der Waals surface area (Å²) in [5.74, 6) is 0.296. The minimum atomic E-state index is 0.296. The third kappa shape index (κ3) is 2.73. The number of likely N-dealkylation sites (N-methyl/N-ethyl adjacent to an activating group) is 1. The van der Waals surface area contributed by atoms with Crippen molar-refractivity contribution in [3.05, 3.63) is 36.0 Å². The highest BCUT2D eigenvalue weighted by atomic mass is 16.2. The molecule has 0 aliphatic carbocycles. The van der Waals surface area contributed by atoms with Crippen molar-refractivity contribution in [2.24, 2.45) is 0 Å².